The SMILES string of the molecule is CCCNc1nc(-c2cn(C)nc2CC)nc(C)c1C. The first kappa shape index (κ1) is 14.5. The molecule has 0 unspecified atom stereocenters. The van der Waals surface area contributed by atoms with Crippen LogP contribution < -0.4 is 5.32 Å². The second-order valence-corrected chi connectivity index (χ2v) is 5.05. The Kier molecular flexibility index (Phi) is 4.37. The van der Waals surface area contributed by atoms with E-state index in [1.54, 1.807) is 0 Å². The van der Waals surface area contributed by atoms with Crippen LogP contribution in [0.3, 0.4) is 0 Å². The highest BCUT2D eigenvalue weighted by molar-refractivity contribution is 5.61. The van der Waals surface area contributed by atoms with Gasteiger partial charge in [0.1, 0.15) is 5.82 Å². The average Bonchev–Trinajstić information content (AvgIpc) is 2.81. The minimum Gasteiger partial charge on any atom is -0.370 e. The fourth-order valence-electron chi connectivity index (χ4n) is 2.15. The first-order valence-corrected chi connectivity index (χ1v) is 7.18. The lowest BCUT2D eigenvalue weighted by atomic mass is 10.1. The van der Waals surface area contributed by atoms with Crippen LogP contribution in [0.1, 0.15) is 37.2 Å². The van der Waals surface area contributed by atoms with Crippen LogP contribution in [0.15, 0.2) is 6.20 Å². The van der Waals surface area contributed by atoms with Crippen molar-refractivity contribution in [3.05, 3.63) is 23.1 Å². The second-order valence-electron chi connectivity index (χ2n) is 5.05. The largest absolute Gasteiger partial charge is 0.370 e. The van der Waals surface area contributed by atoms with E-state index in [4.69, 9.17) is 0 Å². The van der Waals surface area contributed by atoms with Crippen molar-refractivity contribution in [1.29, 1.82) is 0 Å². The number of nitrogens with zero attached hydrogens (tertiary/aromatic N) is 4. The van der Waals surface area contributed by atoms with Crippen LogP contribution in [0, 0.1) is 13.8 Å². The number of aryl methyl sites for hydroxylation is 3. The molecule has 0 fully saturated rings. The van der Waals surface area contributed by atoms with Gasteiger partial charge in [0.15, 0.2) is 5.82 Å². The molecule has 0 radical (unpaired) electrons. The standard InChI is InChI=1S/C15H23N5/c1-6-8-16-14-10(3)11(4)17-15(18-14)12-9-20(5)19-13(12)7-2/h9H,6-8H2,1-5H3,(H,16,17,18). The Labute approximate surface area is 120 Å². The van der Waals surface area contributed by atoms with Gasteiger partial charge in [0.2, 0.25) is 0 Å². The molecule has 0 aromatic carbocycles. The van der Waals surface area contributed by atoms with Gasteiger partial charge in [-0.2, -0.15) is 5.10 Å². The molecule has 108 valence electrons. The predicted octanol–water partition coefficient (Wildman–Crippen LogP) is 2.88. The summed E-state index contributed by atoms with van der Waals surface area (Å²) >= 11 is 0. The smallest absolute Gasteiger partial charge is 0.165 e. The molecule has 0 aliphatic rings. The zero-order valence-electron chi connectivity index (χ0n) is 13.0. The van der Waals surface area contributed by atoms with Crippen LogP contribution in [-0.2, 0) is 13.5 Å². The summed E-state index contributed by atoms with van der Waals surface area (Å²) in [4.78, 5) is 9.32. The molecule has 5 nitrogen and oxygen atoms in total. The van der Waals surface area contributed by atoms with Crippen molar-refractivity contribution in [2.75, 3.05) is 11.9 Å². The van der Waals surface area contributed by atoms with Crippen LogP contribution in [0.5, 0.6) is 0 Å². The summed E-state index contributed by atoms with van der Waals surface area (Å²) in [5, 5.41) is 7.85. The van der Waals surface area contributed by atoms with Crippen LogP contribution >= 0.6 is 0 Å². The molecular formula is C15H23N5. The van der Waals surface area contributed by atoms with Crippen LogP contribution in [0.2, 0.25) is 0 Å². The normalized spacial score (nSPS) is 10.8. The van der Waals surface area contributed by atoms with Crippen molar-refractivity contribution in [2.45, 2.75) is 40.5 Å². The topological polar surface area (TPSA) is 55.6 Å². The number of hydrogen-bond acceptors (Lipinski definition) is 4. The average molecular weight is 273 g/mol. The van der Waals surface area contributed by atoms with Gasteiger partial charge < -0.3 is 5.32 Å². The molecule has 0 aliphatic heterocycles. The van der Waals surface area contributed by atoms with Crippen molar-refractivity contribution in [2.24, 2.45) is 7.05 Å². The lowest BCUT2D eigenvalue weighted by molar-refractivity contribution is 0.746. The summed E-state index contributed by atoms with van der Waals surface area (Å²) in [5.41, 5.74) is 4.19. The Bertz CT molecular complexity index is 601. The van der Waals surface area contributed by atoms with Gasteiger partial charge in [-0.05, 0) is 26.7 Å². The molecule has 0 saturated heterocycles. The van der Waals surface area contributed by atoms with E-state index in [1.807, 2.05) is 24.9 Å². The lowest BCUT2D eigenvalue weighted by Crippen LogP contribution is -2.07. The van der Waals surface area contributed by atoms with Gasteiger partial charge in [-0.15, -0.1) is 0 Å². The van der Waals surface area contributed by atoms with E-state index >= 15 is 0 Å². The molecule has 0 amide bonds. The van der Waals surface area contributed by atoms with Crippen molar-refractivity contribution in [1.82, 2.24) is 19.7 Å². The van der Waals surface area contributed by atoms with Crippen LogP contribution in [-0.4, -0.2) is 26.3 Å². The lowest BCUT2D eigenvalue weighted by Gasteiger charge is -2.11. The summed E-state index contributed by atoms with van der Waals surface area (Å²) in [6, 6.07) is 0. The number of aromatic nitrogens is 4. The van der Waals surface area contributed by atoms with E-state index in [2.05, 4.69) is 41.2 Å². The number of anilines is 1. The summed E-state index contributed by atoms with van der Waals surface area (Å²) < 4.78 is 1.83. The molecule has 2 heterocycles. The third kappa shape index (κ3) is 2.81. The second kappa shape index (κ2) is 6.03. The minimum absolute atomic E-state index is 0.761. The number of rotatable bonds is 5. The molecular weight excluding hydrogens is 250 g/mol. The van der Waals surface area contributed by atoms with Crippen molar-refractivity contribution < 1.29 is 0 Å². The van der Waals surface area contributed by atoms with Crippen LogP contribution in [0.25, 0.3) is 11.4 Å². The molecule has 2 aromatic rings. The summed E-state index contributed by atoms with van der Waals surface area (Å²) in [6.45, 7) is 9.25. The van der Waals surface area contributed by atoms with E-state index in [-0.39, 0.29) is 0 Å². The zero-order valence-corrected chi connectivity index (χ0v) is 13.0. The van der Waals surface area contributed by atoms with E-state index in [0.29, 0.717) is 0 Å². The molecule has 1 N–H and O–H groups in total. The fourth-order valence-corrected chi connectivity index (χ4v) is 2.15. The van der Waals surface area contributed by atoms with Crippen LogP contribution in [0.4, 0.5) is 5.82 Å². The van der Waals surface area contributed by atoms with E-state index in [9.17, 15) is 0 Å². The van der Waals surface area contributed by atoms with Crippen molar-refractivity contribution in [3.8, 4) is 11.4 Å². The monoisotopic (exact) mass is 273 g/mol. The summed E-state index contributed by atoms with van der Waals surface area (Å²) in [5.74, 6) is 1.69. The van der Waals surface area contributed by atoms with Gasteiger partial charge in [-0.25, -0.2) is 9.97 Å². The molecule has 0 saturated carbocycles. The third-order valence-electron chi connectivity index (χ3n) is 3.41. The van der Waals surface area contributed by atoms with E-state index < -0.39 is 0 Å². The summed E-state index contributed by atoms with van der Waals surface area (Å²) in [6.07, 6.45) is 3.95. The molecule has 2 aromatic heterocycles. The Balaban J connectivity index is 2.48. The third-order valence-corrected chi connectivity index (χ3v) is 3.41. The Morgan fingerprint density at radius 1 is 1.20 bits per heavy atom. The van der Waals surface area contributed by atoms with Gasteiger partial charge in [0, 0.05) is 31.0 Å². The van der Waals surface area contributed by atoms with E-state index in [1.165, 1.54) is 0 Å². The molecule has 5 heteroatoms. The zero-order chi connectivity index (χ0) is 14.7. The highest BCUT2D eigenvalue weighted by atomic mass is 15.3. The Morgan fingerprint density at radius 3 is 2.60 bits per heavy atom. The van der Waals surface area contributed by atoms with Gasteiger partial charge in [0.25, 0.3) is 0 Å². The Morgan fingerprint density at radius 2 is 1.95 bits per heavy atom. The maximum atomic E-state index is 4.69. The van der Waals surface area contributed by atoms with Gasteiger partial charge >= 0.3 is 0 Å². The molecule has 0 atom stereocenters. The molecule has 0 aliphatic carbocycles. The van der Waals surface area contributed by atoms with Gasteiger partial charge in [-0.3, -0.25) is 4.68 Å². The Hall–Kier alpha value is -1.91. The van der Waals surface area contributed by atoms with Crippen molar-refractivity contribution >= 4 is 5.82 Å². The number of hydrogen-bond donors (Lipinski definition) is 1. The van der Waals surface area contributed by atoms with Gasteiger partial charge in [-0.1, -0.05) is 13.8 Å². The molecule has 0 spiro atoms. The number of nitrogens with one attached hydrogen (secondary N) is 1. The first-order valence-electron chi connectivity index (χ1n) is 7.18. The van der Waals surface area contributed by atoms with E-state index in [0.717, 1.165) is 53.5 Å². The molecule has 0 bridgehead atoms. The summed E-state index contributed by atoms with van der Waals surface area (Å²) in [7, 11) is 1.93. The first-order chi connectivity index (χ1) is 9.56. The fraction of sp³-hybridized carbons (Fsp3) is 0.533. The van der Waals surface area contributed by atoms with Crippen molar-refractivity contribution in [3.63, 3.8) is 0 Å². The highest BCUT2D eigenvalue weighted by Crippen LogP contribution is 2.24. The minimum atomic E-state index is 0.761. The predicted molar refractivity (Wildman–Crippen MR) is 81.9 cm³/mol. The molecule has 20 heavy (non-hydrogen) atoms. The van der Waals surface area contributed by atoms with Gasteiger partial charge in [0.05, 0.1) is 11.3 Å². The highest BCUT2D eigenvalue weighted by Gasteiger charge is 2.14. The molecule has 2 rings (SSSR count). The maximum absolute atomic E-state index is 4.69. The maximum Gasteiger partial charge on any atom is 0.165 e. The quantitative estimate of drug-likeness (QED) is 0.910.